The zero-order valence-electron chi connectivity index (χ0n) is 19.2. The average molecular weight is 419 g/mol. The fourth-order valence-electron chi connectivity index (χ4n) is 3.55. The summed E-state index contributed by atoms with van der Waals surface area (Å²) in [5, 5.41) is 8.72. The summed E-state index contributed by atoms with van der Waals surface area (Å²) in [5.74, 6) is 0.375. The zero-order valence-corrected chi connectivity index (χ0v) is 19.2. The number of carbonyl (C=O) groups is 1. The number of hydrogen-bond acceptors (Lipinski definition) is 3. The molecule has 0 fully saturated rings. The Morgan fingerprint density at radius 3 is 1.87 bits per heavy atom. The Kier molecular flexibility index (Phi) is 15.5. The van der Waals surface area contributed by atoms with Gasteiger partial charge >= 0.3 is 5.97 Å². The Labute approximate surface area is 183 Å². The van der Waals surface area contributed by atoms with Crippen molar-refractivity contribution >= 4 is 12.0 Å². The maximum Gasteiger partial charge on any atom is 0.328 e. The number of methoxy groups -OCH3 is 1. The first-order valence-electron chi connectivity index (χ1n) is 11.9. The predicted molar refractivity (Wildman–Crippen MR) is 125 cm³/mol. The van der Waals surface area contributed by atoms with Crippen molar-refractivity contribution in [1.82, 2.24) is 0 Å². The molecule has 0 aliphatic carbocycles. The summed E-state index contributed by atoms with van der Waals surface area (Å²) in [6.07, 6.45) is 21.5. The van der Waals surface area contributed by atoms with Crippen LogP contribution in [0, 0.1) is 0 Å². The van der Waals surface area contributed by atoms with Gasteiger partial charge in [-0.05, 0) is 30.2 Å². The molecule has 1 N–H and O–H groups in total. The number of benzene rings is 1. The van der Waals surface area contributed by atoms with Gasteiger partial charge < -0.3 is 14.6 Å². The molecule has 4 nitrogen and oxygen atoms in total. The molecule has 0 unspecified atom stereocenters. The van der Waals surface area contributed by atoms with Crippen molar-refractivity contribution in [2.45, 2.75) is 96.8 Å². The van der Waals surface area contributed by atoms with Crippen LogP contribution in [0.3, 0.4) is 0 Å². The van der Waals surface area contributed by atoms with Gasteiger partial charge in [0.25, 0.3) is 0 Å². The van der Waals surface area contributed by atoms with E-state index in [4.69, 9.17) is 14.6 Å². The van der Waals surface area contributed by atoms with E-state index in [1.807, 2.05) is 12.1 Å². The molecule has 0 radical (unpaired) electrons. The third-order valence-corrected chi connectivity index (χ3v) is 5.36. The molecule has 4 heteroatoms. The van der Waals surface area contributed by atoms with Crippen LogP contribution in [0.5, 0.6) is 11.5 Å². The maximum absolute atomic E-state index is 10.6. The van der Waals surface area contributed by atoms with Crippen LogP contribution in [0.15, 0.2) is 24.3 Å². The lowest BCUT2D eigenvalue weighted by Gasteiger charge is -2.11. The molecular formula is C26H42O4. The molecule has 1 rings (SSSR count). The van der Waals surface area contributed by atoms with Crippen LogP contribution in [0.1, 0.15) is 102 Å². The molecule has 0 spiro atoms. The standard InChI is InChI=1S/C26H42O4/c1-3-4-5-6-7-8-9-10-11-12-13-14-15-16-21-30-24-19-17-23(18-20-26(27)28)22-25(24)29-2/h17-20,22H,3-16,21H2,1-2H3,(H,27,28). The van der Waals surface area contributed by atoms with E-state index in [1.165, 1.54) is 83.5 Å². The largest absolute Gasteiger partial charge is 0.493 e. The van der Waals surface area contributed by atoms with E-state index in [0.29, 0.717) is 18.1 Å². The van der Waals surface area contributed by atoms with Gasteiger partial charge in [-0.2, -0.15) is 0 Å². The fourth-order valence-corrected chi connectivity index (χ4v) is 3.55. The second-order valence-electron chi connectivity index (χ2n) is 8.03. The number of rotatable bonds is 19. The number of aliphatic carboxylic acids is 1. The molecule has 0 saturated heterocycles. The van der Waals surface area contributed by atoms with Crippen LogP contribution in [0.4, 0.5) is 0 Å². The van der Waals surface area contributed by atoms with E-state index in [0.717, 1.165) is 18.1 Å². The van der Waals surface area contributed by atoms with E-state index in [9.17, 15) is 4.79 Å². The normalized spacial score (nSPS) is 11.1. The van der Waals surface area contributed by atoms with Gasteiger partial charge in [0.2, 0.25) is 0 Å². The number of ether oxygens (including phenoxy) is 2. The van der Waals surface area contributed by atoms with Gasteiger partial charge in [-0.25, -0.2) is 4.79 Å². The van der Waals surface area contributed by atoms with E-state index < -0.39 is 5.97 Å². The van der Waals surface area contributed by atoms with Crippen molar-refractivity contribution < 1.29 is 19.4 Å². The third kappa shape index (κ3) is 13.3. The van der Waals surface area contributed by atoms with Crippen molar-refractivity contribution in [3.8, 4) is 11.5 Å². The van der Waals surface area contributed by atoms with Gasteiger partial charge in [0.1, 0.15) is 0 Å². The first-order valence-corrected chi connectivity index (χ1v) is 11.9. The van der Waals surface area contributed by atoms with Gasteiger partial charge in [0.15, 0.2) is 11.5 Å². The summed E-state index contributed by atoms with van der Waals surface area (Å²) in [6, 6.07) is 5.46. The summed E-state index contributed by atoms with van der Waals surface area (Å²) in [7, 11) is 1.60. The smallest absolute Gasteiger partial charge is 0.328 e. The Morgan fingerprint density at radius 2 is 1.37 bits per heavy atom. The molecule has 0 amide bonds. The second kappa shape index (κ2) is 17.9. The van der Waals surface area contributed by atoms with Crippen LogP contribution >= 0.6 is 0 Å². The molecule has 0 atom stereocenters. The van der Waals surface area contributed by atoms with Crippen molar-refractivity contribution in [1.29, 1.82) is 0 Å². The highest BCUT2D eigenvalue weighted by Crippen LogP contribution is 2.28. The third-order valence-electron chi connectivity index (χ3n) is 5.36. The summed E-state index contributed by atoms with van der Waals surface area (Å²) >= 11 is 0. The van der Waals surface area contributed by atoms with Crippen LogP contribution in [-0.4, -0.2) is 24.8 Å². The number of unbranched alkanes of at least 4 members (excludes halogenated alkanes) is 13. The molecule has 0 aliphatic heterocycles. The lowest BCUT2D eigenvalue weighted by atomic mass is 10.0. The highest BCUT2D eigenvalue weighted by Gasteiger charge is 2.05. The summed E-state index contributed by atoms with van der Waals surface area (Å²) in [4.78, 5) is 10.6. The van der Waals surface area contributed by atoms with Crippen molar-refractivity contribution in [2.75, 3.05) is 13.7 Å². The van der Waals surface area contributed by atoms with Crippen molar-refractivity contribution in [3.63, 3.8) is 0 Å². The molecule has 0 heterocycles. The lowest BCUT2D eigenvalue weighted by molar-refractivity contribution is -0.131. The quantitative estimate of drug-likeness (QED) is 0.185. The SMILES string of the molecule is CCCCCCCCCCCCCCCCOc1ccc(C=CC(=O)O)cc1OC. The Morgan fingerprint density at radius 1 is 0.833 bits per heavy atom. The number of carboxylic acids is 1. The van der Waals surface area contributed by atoms with E-state index in [1.54, 1.807) is 19.3 Å². The molecule has 30 heavy (non-hydrogen) atoms. The Bertz CT molecular complexity index is 595. The minimum absolute atomic E-state index is 0.632. The molecule has 0 saturated carbocycles. The Hall–Kier alpha value is -1.97. The minimum Gasteiger partial charge on any atom is -0.493 e. The summed E-state index contributed by atoms with van der Waals surface area (Å²) in [5.41, 5.74) is 0.776. The first kappa shape index (κ1) is 26.1. The summed E-state index contributed by atoms with van der Waals surface area (Å²) in [6.45, 7) is 2.95. The molecular weight excluding hydrogens is 376 g/mol. The highest BCUT2D eigenvalue weighted by molar-refractivity contribution is 5.85. The topological polar surface area (TPSA) is 55.8 Å². The fraction of sp³-hybridized carbons (Fsp3) is 0.654. The van der Waals surface area contributed by atoms with Crippen LogP contribution < -0.4 is 9.47 Å². The lowest BCUT2D eigenvalue weighted by Crippen LogP contribution is -1.99. The minimum atomic E-state index is -0.966. The van der Waals surface area contributed by atoms with Crippen LogP contribution in [0.25, 0.3) is 6.08 Å². The van der Waals surface area contributed by atoms with Crippen LogP contribution in [0.2, 0.25) is 0 Å². The molecule has 170 valence electrons. The first-order chi connectivity index (χ1) is 14.7. The molecule has 0 aliphatic rings. The van der Waals surface area contributed by atoms with Gasteiger partial charge in [-0.3, -0.25) is 0 Å². The van der Waals surface area contributed by atoms with E-state index in [2.05, 4.69) is 6.92 Å². The summed E-state index contributed by atoms with van der Waals surface area (Å²) < 4.78 is 11.2. The molecule has 1 aromatic rings. The molecule has 0 aromatic heterocycles. The van der Waals surface area contributed by atoms with Crippen molar-refractivity contribution in [2.24, 2.45) is 0 Å². The Balaban J connectivity index is 2.03. The van der Waals surface area contributed by atoms with Crippen LogP contribution in [-0.2, 0) is 4.79 Å². The van der Waals surface area contributed by atoms with E-state index in [-0.39, 0.29) is 0 Å². The average Bonchev–Trinajstić information content (AvgIpc) is 2.75. The number of hydrogen-bond donors (Lipinski definition) is 1. The zero-order chi connectivity index (χ0) is 21.9. The molecule has 0 bridgehead atoms. The maximum atomic E-state index is 10.6. The van der Waals surface area contributed by atoms with Gasteiger partial charge in [-0.1, -0.05) is 96.5 Å². The van der Waals surface area contributed by atoms with Gasteiger partial charge in [0.05, 0.1) is 13.7 Å². The monoisotopic (exact) mass is 418 g/mol. The van der Waals surface area contributed by atoms with E-state index >= 15 is 0 Å². The molecule has 1 aromatic carbocycles. The number of carboxylic acid groups (broad SMARTS) is 1. The highest BCUT2D eigenvalue weighted by atomic mass is 16.5. The predicted octanol–water partition coefficient (Wildman–Crippen LogP) is 7.65. The van der Waals surface area contributed by atoms with Crippen molar-refractivity contribution in [3.05, 3.63) is 29.8 Å². The van der Waals surface area contributed by atoms with Gasteiger partial charge in [0, 0.05) is 6.08 Å². The van der Waals surface area contributed by atoms with Gasteiger partial charge in [-0.15, -0.1) is 0 Å². The second-order valence-corrected chi connectivity index (χ2v) is 8.03.